The summed E-state index contributed by atoms with van der Waals surface area (Å²) >= 11 is 0. The Labute approximate surface area is 163 Å². The average molecular weight is 406 g/mol. The minimum Gasteiger partial charge on any atom is -0.493 e. The van der Waals surface area contributed by atoms with Crippen molar-refractivity contribution in [3.05, 3.63) is 54.4 Å². The van der Waals surface area contributed by atoms with Gasteiger partial charge in [0.15, 0.2) is 9.84 Å². The molecule has 1 aromatic heterocycles. The number of aliphatic hydroxyl groups excluding tert-OH is 2. The lowest BCUT2D eigenvalue weighted by Crippen LogP contribution is -2.43. The quantitative estimate of drug-likeness (QED) is 0.634. The Morgan fingerprint density at radius 1 is 1.21 bits per heavy atom. The number of pyridine rings is 1. The first kappa shape index (κ1) is 20.2. The van der Waals surface area contributed by atoms with Crippen LogP contribution in [0.3, 0.4) is 0 Å². The molecule has 0 spiro atoms. The van der Waals surface area contributed by atoms with Crippen molar-refractivity contribution in [3.63, 3.8) is 0 Å². The molecule has 28 heavy (non-hydrogen) atoms. The van der Waals surface area contributed by atoms with Crippen molar-refractivity contribution in [1.29, 1.82) is 0 Å². The third kappa shape index (κ3) is 4.67. The van der Waals surface area contributed by atoms with Crippen molar-refractivity contribution in [2.45, 2.75) is 29.6 Å². The number of aromatic nitrogens is 1. The predicted octanol–water partition coefficient (Wildman–Crippen LogP) is 0.404. The number of aliphatic hydroxyl groups is 2. The van der Waals surface area contributed by atoms with Gasteiger partial charge in [-0.2, -0.15) is 0 Å². The molecule has 0 bridgehead atoms. The number of benzene rings is 1. The van der Waals surface area contributed by atoms with E-state index in [4.69, 9.17) is 4.74 Å². The van der Waals surface area contributed by atoms with Gasteiger partial charge in [-0.05, 0) is 42.8 Å². The van der Waals surface area contributed by atoms with Crippen molar-refractivity contribution in [2.75, 3.05) is 12.9 Å². The largest absolute Gasteiger partial charge is 0.493 e. The van der Waals surface area contributed by atoms with Gasteiger partial charge in [0, 0.05) is 24.6 Å². The summed E-state index contributed by atoms with van der Waals surface area (Å²) in [6, 6.07) is 8.61. The van der Waals surface area contributed by atoms with Crippen LogP contribution in [0, 0.1) is 5.92 Å². The number of sulfone groups is 1. The Kier molecular flexibility index (Phi) is 5.97. The smallest absolute Gasteiger partial charge is 0.253 e. The minimum absolute atomic E-state index is 0.121. The Balaban J connectivity index is 1.57. The second-order valence-corrected chi connectivity index (χ2v) is 8.87. The van der Waals surface area contributed by atoms with E-state index in [1.165, 1.54) is 30.5 Å². The van der Waals surface area contributed by atoms with Crippen LogP contribution in [0.15, 0.2) is 53.7 Å². The number of carbonyl (C=O) groups is 1. The van der Waals surface area contributed by atoms with E-state index in [0.29, 0.717) is 17.7 Å². The second kappa shape index (κ2) is 8.26. The van der Waals surface area contributed by atoms with Crippen LogP contribution in [-0.4, -0.2) is 60.6 Å². The molecule has 1 aliphatic rings. The highest BCUT2D eigenvalue weighted by atomic mass is 32.2. The number of nitrogens with zero attached hydrogens (tertiary/aromatic N) is 1. The van der Waals surface area contributed by atoms with Crippen LogP contribution in [0.25, 0.3) is 0 Å². The van der Waals surface area contributed by atoms with Gasteiger partial charge in [0.25, 0.3) is 5.91 Å². The van der Waals surface area contributed by atoms with Gasteiger partial charge in [-0.25, -0.2) is 8.42 Å². The third-order valence-electron chi connectivity index (χ3n) is 4.76. The summed E-state index contributed by atoms with van der Waals surface area (Å²) in [5, 5.41) is 23.2. The van der Waals surface area contributed by atoms with Gasteiger partial charge in [-0.15, -0.1) is 0 Å². The molecular formula is C19H22N2O6S. The van der Waals surface area contributed by atoms with E-state index >= 15 is 0 Å². The maximum Gasteiger partial charge on any atom is 0.253 e. The monoisotopic (exact) mass is 406 g/mol. The van der Waals surface area contributed by atoms with Gasteiger partial charge in [0.1, 0.15) is 11.9 Å². The van der Waals surface area contributed by atoms with Gasteiger partial charge in [0.2, 0.25) is 0 Å². The van der Waals surface area contributed by atoms with Crippen LogP contribution >= 0.6 is 0 Å². The molecule has 0 saturated heterocycles. The molecule has 3 N–H and O–H groups in total. The zero-order valence-corrected chi connectivity index (χ0v) is 16.0. The van der Waals surface area contributed by atoms with Crippen LogP contribution in [0.4, 0.5) is 0 Å². The Morgan fingerprint density at radius 2 is 1.93 bits per heavy atom. The van der Waals surface area contributed by atoms with Crippen molar-refractivity contribution in [3.8, 4) is 5.75 Å². The standard InChI is InChI=1S/C19H22N2O6S/c1-28(25,26)15-6-4-14(5-7-15)27-11-13-9-16(18(23)17(13)22)21-19(24)12-3-2-8-20-10-12/h2-8,10,13,16-18,22-23H,9,11H2,1H3,(H,21,24)/t13-,16-,17-,18+/m1/s1. The normalized spacial score (nSPS) is 24.7. The second-order valence-electron chi connectivity index (χ2n) is 6.85. The average Bonchev–Trinajstić information content (AvgIpc) is 2.94. The summed E-state index contributed by atoms with van der Waals surface area (Å²) < 4.78 is 28.6. The van der Waals surface area contributed by atoms with Gasteiger partial charge in [0.05, 0.1) is 29.2 Å². The zero-order valence-electron chi connectivity index (χ0n) is 15.2. The van der Waals surface area contributed by atoms with Gasteiger partial charge in [-0.1, -0.05) is 0 Å². The SMILES string of the molecule is CS(=O)(=O)c1ccc(OC[C@H]2C[C@@H](NC(=O)c3cccnc3)[C@H](O)[C@@H]2O)cc1. The lowest BCUT2D eigenvalue weighted by atomic mass is 10.1. The van der Waals surface area contributed by atoms with Crippen molar-refractivity contribution in [1.82, 2.24) is 10.3 Å². The molecular weight excluding hydrogens is 384 g/mol. The first-order chi connectivity index (χ1) is 13.3. The van der Waals surface area contributed by atoms with Gasteiger partial charge < -0.3 is 20.3 Å². The van der Waals surface area contributed by atoms with Crippen LogP contribution in [0.2, 0.25) is 0 Å². The Morgan fingerprint density at radius 3 is 2.54 bits per heavy atom. The molecule has 1 amide bonds. The number of nitrogens with one attached hydrogen (secondary N) is 1. The summed E-state index contributed by atoms with van der Waals surface area (Å²) in [4.78, 5) is 16.3. The van der Waals surface area contributed by atoms with E-state index in [9.17, 15) is 23.4 Å². The van der Waals surface area contributed by atoms with Gasteiger partial charge >= 0.3 is 0 Å². The lowest BCUT2D eigenvalue weighted by Gasteiger charge is -2.18. The highest BCUT2D eigenvalue weighted by Gasteiger charge is 2.42. The molecule has 1 aliphatic carbocycles. The zero-order chi connectivity index (χ0) is 20.3. The number of carbonyl (C=O) groups excluding carboxylic acids is 1. The summed E-state index contributed by atoms with van der Waals surface area (Å²) in [5.74, 6) is -0.303. The summed E-state index contributed by atoms with van der Waals surface area (Å²) in [7, 11) is -3.28. The molecule has 0 unspecified atom stereocenters. The molecule has 3 rings (SSSR count). The fraction of sp³-hybridized carbons (Fsp3) is 0.368. The maximum atomic E-state index is 12.2. The van der Waals surface area contributed by atoms with Crippen molar-refractivity contribution < 1.29 is 28.2 Å². The molecule has 4 atom stereocenters. The number of hydrogen-bond acceptors (Lipinski definition) is 7. The predicted molar refractivity (Wildman–Crippen MR) is 101 cm³/mol. The van der Waals surface area contributed by atoms with Crippen LogP contribution in [-0.2, 0) is 9.84 Å². The first-order valence-electron chi connectivity index (χ1n) is 8.75. The fourth-order valence-electron chi connectivity index (χ4n) is 3.17. The molecule has 1 fully saturated rings. The molecule has 8 nitrogen and oxygen atoms in total. The molecule has 150 valence electrons. The van der Waals surface area contributed by atoms with E-state index in [1.807, 2.05) is 0 Å². The molecule has 1 aromatic carbocycles. The molecule has 0 aliphatic heterocycles. The van der Waals surface area contributed by atoms with E-state index in [0.717, 1.165) is 6.26 Å². The number of hydrogen-bond donors (Lipinski definition) is 3. The number of rotatable bonds is 6. The Bertz CT molecular complexity index is 917. The molecule has 2 aromatic rings. The summed E-state index contributed by atoms with van der Waals surface area (Å²) in [6.45, 7) is 0.121. The first-order valence-corrected chi connectivity index (χ1v) is 10.6. The molecule has 0 radical (unpaired) electrons. The maximum absolute atomic E-state index is 12.2. The minimum atomic E-state index is -3.28. The van der Waals surface area contributed by atoms with Crippen molar-refractivity contribution in [2.24, 2.45) is 5.92 Å². The van der Waals surface area contributed by atoms with Crippen LogP contribution in [0.5, 0.6) is 5.75 Å². The third-order valence-corrected chi connectivity index (χ3v) is 5.89. The van der Waals surface area contributed by atoms with Gasteiger partial charge in [-0.3, -0.25) is 9.78 Å². The summed E-state index contributed by atoms with van der Waals surface area (Å²) in [6.07, 6.45) is 2.29. The van der Waals surface area contributed by atoms with E-state index in [1.54, 1.807) is 18.3 Å². The van der Waals surface area contributed by atoms with Crippen LogP contribution in [0.1, 0.15) is 16.8 Å². The van der Waals surface area contributed by atoms with E-state index in [-0.39, 0.29) is 23.3 Å². The highest BCUT2D eigenvalue weighted by molar-refractivity contribution is 7.90. The Hall–Kier alpha value is -2.49. The summed E-state index contributed by atoms with van der Waals surface area (Å²) in [5.41, 5.74) is 0.370. The fourth-order valence-corrected chi connectivity index (χ4v) is 3.80. The topological polar surface area (TPSA) is 126 Å². The van der Waals surface area contributed by atoms with E-state index in [2.05, 4.69) is 10.3 Å². The van der Waals surface area contributed by atoms with E-state index < -0.39 is 28.1 Å². The number of ether oxygens (including phenoxy) is 1. The molecule has 1 heterocycles. The van der Waals surface area contributed by atoms with Crippen LogP contribution < -0.4 is 10.1 Å². The molecule has 1 saturated carbocycles. The molecule has 9 heteroatoms. The number of amides is 1. The lowest BCUT2D eigenvalue weighted by molar-refractivity contribution is 0.00252. The van der Waals surface area contributed by atoms with Crippen molar-refractivity contribution >= 4 is 15.7 Å². The highest BCUT2D eigenvalue weighted by Crippen LogP contribution is 2.28.